The first-order valence-corrected chi connectivity index (χ1v) is 10.5. The topological polar surface area (TPSA) is 110 Å². The molecule has 0 saturated heterocycles. The van der Waals surface area contributed by atoms with E-state index < -0.39 is 26.9 Å². The fourth-order valence-corrected chi connectivity index (χ4v) is 4.19. The number of anilines is 2. The van der Waals surface area contributed by atoms with E-state index in [1.807, 2.05) is 0 Å². The summed E-state index contributed by atoms with van der Waals surface area (Å²) >= 11 is 5.91. The Kier molecular flexibility index (Phi) is 6.30. The van der Waals surface area contributed by atoms with E-state index in [0.29, 0.717) is 21.8 Å². The molecule has 8 nitrogen and oxygen atoms in total. The van der Waals surface area contributed by atoms with Gasteiger partial charge in [-0.05, 0) is 50.1 Å². The van der Waals surface area contributed by atoms with Gasteiger partial charge >= 0.3 is 0 Å². The fraction of sp³-hybridized carbons (Fsp3) is 0.278. The van der Waals surface area contributed by atoms with E-state index in [-0.39, 0.29) is 11.4 Å². The van der Waals surface area contributed by atoms with Gasteiger partial charge in [-0.2, -0.15) is 0 Å². The maximum Gasteiger partial charge on any atom is 0.271 e. The van der Waals surface area contributed by atoms with Crippen molar-refractivity contribution >= 4 is 44.6 Å². The van der Waals surface area contributed by atoms with Crippen molar-refractivity contribution < 1.29 is 18.1 Å². The van der Waals surface area contributed by atoms with Gasteiger partial charge in [-0.25, -0.2) is 8.42 Å². The molecule has 1 amide bonds. The van der Waals surface area contributed by atoms with Crippen molar-refractivity contribution in [1.29, 1.82) is 0 Å². The van der Waals surface area contributed by atoms with Crippen molar-refractivity contribution in [2.45, 2.75) is 26.8 Å². The van der Waals surface area contributed by atoms with Gasteiger partial charge in [0, 0.05) is 22.8 Å². The van der Waals surface area contributed by atoms with Crippen molar-refractivity contribution in [2.75, 3.05) is 15.9 Å². The van der Waals surface area contributed by atoms with E-state index in [4.69, 9.17) is 11.6 Å². The predicted octanol–water partition coefficient (Wildman–Crippen LogP) is 3.66. The summed E-state index contributed by atoms with van der Waals surface area (Å²) in [7, 11) is -3.91. The number of nitrogens with zero attached hydrogens (tertiary/aromatic N) is 2. The Labute approximate surface area is 168 Å². The van der Waals surface area contributed by atoms with E-state index in [9.17, 15) is 23.3 Å². The lowest BCUT2D eigenvalue weighted by molar-refractivity contribution is -0.384. The third kappa shape index (κ3) is 4.79. The number of nitrogens with one attached hydrogen (secondary N) is 1. The van der Waals surface area contributed by atoms with Crippen LogP contribution >= 0.6 is 11.6 Å². The van der Waals surface area contributed by atoms with Crippen LogP contribution in [0.25, 0.3) is 0 Å². The summed E-state index contributed by atoms with van der Waals surface area (Å²) < 4.78 is 25.8. The molecule has 10 heteroatoms. The number of amides is 1. The fourth-order valence-electron chi connectivity index (χ4n) is 2.73. The molecule has 0 unspecified atom stereocenters. The number of benzene rings is 2. The largest absolute Gasteiger partial charge is 0.324 e. The SMILES string of the molecule is Cc1cc(Cl)ccc1NC(=O)[C@@H](C)N(c1cc([N+](=O)[O-])ccc1C)S(C)(=O)=O. The van der Waals surface area contributed by atoms with Crippen molar-refractivity contribution in [3.8, 4) is 0 Å². The zero-order chi connectivity index (χ0) is 21.2. The molecule has 0 spiro atoms. The third-order valence-corrected chi connectivity index (χ3v) is 5.64. The molecule has 0 aliphatic heterocycles. The highest BCUT2D eigenvalue weighted by atomic mass is 35.5. The van der Waals surface area contributed by atoms with Gasteiger partial charge in [0.2, 0.25) is 15.9 Å². The molecular formula is C18H20ClN3O5S. The number of hydrogen-bond donors (Lipinski definition) is 1. The van der Waals surface area contributed by atoms with Crippen LogP contribution in [0.1, 0.15) is 18.1 Å². The summed E-state index contributed by atoms with van der Waals surface area (Å²) in [5, 5.41) is 14.3. The third-order valence-electron chi connectivity index (χ3n) is 4.18. The standard InChI is InChI=1S/C18H20ClN3O5S/c1-11-5-7-15(22(24)25)10-17(11)21(28(4,26)27)13(3)18(23)20-16-8-6-14(19)9-12(16)2/h5-10,13H,1-4H3,(H,20,23)/t13-/m1/s1. The summed E-state index contributed by atoms with van der Waals surface area (Å²) in [6, 6.07) is 7.61. The maximum absolute atomic E-state index is 12.8. The molecule has 1 N–H and O–H groups in total. The van der Waals surface area contributed by atoms with Gasteiger partial charge in [0.05, 0.1) is 16.9 Å². The van der Waals surface area contributed by atoms with Crippen LogP contribution in [0.15, 0.2) is 36.4 Å². The van der Waals surface area contributed by atoms with E-state index in [0.717, 1.165) is 16.6 Å². The second-order valence-electron chi connectivity index (χ2n) is 6.41. The molecule has 0 radical (unpaired) electrons. The Bertz CT molecular complexity index is 1040. The van der Waals surface area contributed by atoms with Gasteiger partial charge in [0.15, 0.2) is 0 Å². The number of sulfonamides is 1. The van der Waals surface area contributed by atoms with E-state index in [1.54, 1.807) is 32.0 Å². The van der Waals surface area contributed by atoms with Crippen molar-refractivity contribution in [1.82, 2.24) is 0 Å². The second-order valence-corrected chi connectivity index (χ2v) is 8.71. The van der Waals surface area contributed by atoms with Gasteiger partial charge in [0.1, 0.15) is 6.04 Å². The summed E-state index contributed by atoms with van der Waals surface area (Å²) in [5.74, 6) is -0.582. The molecule has 0 heterocycles. The lowest BCUT2D eigenvalue weighted by Crippen LogP contribution is -2.45. The molecule has 0 aromatic heterocycles. The van der Waals surface area contributed by atoms with Crippen LogP contribution in [-0.4, -0.2) is 31.5 Å². The van der Waals surface area contributed by atoms with Gasteiger partial charge in [-0.1, -0.05) is 17.7 Å². The van der Waals surface area contributed by atoms with Gasteiger partial charge < -0.3 is 5.32 Å². The minimum absolute atomic E-state index is 0.0761. The van der Waals surface area contributed by atoms with E-state index >= 15 is 0 Å². The lowest BCUT2D eigenvalue weighted by Gasteiger charge is -2.29. The molecule has 150 valence electrons. The van der Waals surface area contributed by atoms with Crippen LogP contribution in [0.5, 0.6) is 0 Å². The minimum atomic E-state index is -3.91. The van der Waals surface area contributed by atoms with Crippen molar-refractivity contribution in [2.24, 2.45) is 0 Å². The smallest absolute Gasteiger partial charge is 0.271 e. The Hall–Kier alpha value is -2.65. The predicted molar refractivity (Wildman–Crippen MR) is 109 cm³/mol. The first kappa shape index (κ1) is 21.6. The van der Waals surface area contributed by atoms with Crippen molar-refractivity contribution in [3.63, 3.8) is 0 Å². The highest BCUT2D eigenvalue weighted by Crippen LogP contribution is 2.30. The summed E-state index contributed by atoms with van der Waals surface area (Å²) in [6.07, 6.45) is 0.947. The molecule has 1 atom stereocenters. The molecule has 0 saturated carbocycles. The number of carbonyl (C=O) groups is 1. The van der Waals surface area contributed by atoms with Gasteiger partial charge in [-0.15, -0.1) is 0 Å². The number of nitro benzene ring substituents is 1. The Morgan fingerprint density at radius 2 is 1.82 bits per heavy atom. The number of halogens is 1. The summed E-state index contributed by atoms with van der Waals surface area (Å²) in [4.78, 5) is 23.2. The van der Waals surface area contributed by atoms with Crippen LogP contribution in [0, 0.1) is 24.0 Å². The molecule has 2 rings (SSSR count). The van der Waals surface area contributed by atoms with E-state index in [1.165, 1.54) is 19.1 Å². The molecular weight excluding hydrogens is 406 g/mol. The van der Waals surface area contributed by atoms with Gasteiger partial charge in [-0.3, -0.25) is 19.2 Å². The number of aryl methyl sites for hydroxylation is 2. The lowest BCUT2D eigenvalue weighted by atomic mass is 10.1. The molecule has 2 aromatic carbocycles. The van der Waals surface area contributed by atoms with Crippen LogP contribution in [0.4, 0.5) is 17.1 Å². The zero-order valence-corrected chi connectivity index (χ0v) is 17.3. The molecule has 0 aliphatic rings. The Morgan fingerprint density at radius 1 is 1.18 bits per heavy atom. The van der Waals surface area contributed by atoms with Crippen LogP contribution in [0.3, 0.4) is 0 Å². The van der Waals surface area contributed by atoms with Crippen molar-refractivity contribution in [3.05, 3.63) is 62.7 Å². The summed E-state index contributed by atoms with van der Waals surface area (Å²) in [6.45, 7) is 4.79. The highest BCUT2D eigenvalue weighted by Gasteiger charge is 2.31. The number of non-ortho nitro benzene ring substituents is 1. The number of nitro groups is 1. The second kappa shape index (κ2) is 8.15. The molecule has 0 fully saturated rings. The molecule has 0 bridgehead atoms. The highest BCUT2D eigenvalue weighted by molar-refractivity contribution is 7.92. The van der Waals surface area contributed by atoms with E-state index in [2.05, 4.69) is 5.32 Å². The van der Waals surface area contributed by atoms with Gasteiger partial charge in [0.25, 0.3) is 5.69 Å². The average molecular weight is 426 g/mol. The Morgan fingerprint density at radius 3 is 2.36 bits per heavy atom. The number of hydrogen-bond acceptors (Lipinski definition) is 5. The van der Waals surface area contributed by atoms with Crippen LogP contribution in [-0.2, 0) is 14.8 Å². The first-order valence-electron chi connectivity index (χ1n) is 8.23. The normalized spacial score (nSPS) is 12.3. The molecule has 28 heavy (non-hydrogen) atoms. The minimum Gasteiger partial charge on any atom is -0.324 e. The Balaban J connectivity index is 2.45. The monoisotopic (exact) mass is 425 g/mol. The maximum atomic E-state index is 12.8. The number of rotatable bonds is 6. The molecule has 0 aliphatic carbocycles. The summed E-state index contributed by atoms with van der Waals surface area (Å²) in [5.41, 5.74) is 1.50. The quantitative estimate of drug-likeness (QED) is 0.561. The zero-order valence-electron chi connectivity index (χ0n) is 15.8. The molecule has 2 aromatic rings. The average Bonchev–Trinajstić information content (AvgIpc) is 2.57. The first-order chi connectivity index (χ1) is 12.9. The van der Waals surface area contributed by atoms with Crippen LogP contribution < -0.4 is 9.62 Å². The number of carbonyl (C=O) groups excluding carboxylic acids is 1. The van der Waals surface area contributed by atoms with Crippen LogP contribution in [0.2, 0.25) is 5.02 Å².